The van der Waals surface area contributed by atoms with Crippen LogP contribution < -0.4 is 10.0 Å². The molecular weight excluding hydrogens is 386 g/mol. The van der Waals surface area contributed by atoms with E-state index in [0.29, 0.717) is 17.1 Å². The Morgan fingerprint density at radius 2 is 1.66 bits per heavy atom. The van der Waals surface area contributed by atoms with E-state index in [9.17, 15) is 13.2 Å². The van der Waals surface area contributed by atoms with E-state index >= 15 is 0 Å². The van der Waals surface area contributed by atoms with E-state index in [1.807, 2.05) is 12.1 Å². The Kier molecular flexibility index (Phi) is 6.61. The summed E-state index contributed by atoms with van der Waals surface area (Å²) in [6.07, 6.45) is 4.85. The van der Waals surface area contributed by atoms with Gasteiger partial charge in [-0.15, -0.1) is 0 Å². The summed E-state index contributed by atoms with van der Waals surface area (Å²) in [6, 6.07) is 18.2. The number of hydrogen-bond acceptors (Lipinski definition) is 4. The summed E-state index contributed by atoms with van der Waals surface area (Å²) in [5.41, 5.74) is 2.39. The van der Waals surface area contributed by atoms with Crippen LogP contribution in [-0.4, -0.2) is 19.3 Å². The highest BCUT2D eigenvalue weighted by Gasteiger charge is 2.14. The number of carbonyl (C=O) groups excluding carboxylic acids is 1. The molecule has 2 N–H and O–H groups in total. The van der Waals surface area contributed by atoms with Crippen molar-refractivity contribution in [1.82, 2.24) is 4.98 Å². The van der Waals surface area contributed by atoms with Crippen LogP contribution in [0.4, 0.5) is 11.4 Å². The lowest BCUT2D eigenvalue weighted by atomic mass is 10.1. The molecule has 0 radical (unpaired) electrons. The number of anilines is 2. The molecule has 2 aromatic carbocycles. The molecule has 0 saturated heterocycles. The van der Waals surface area contributed by atoms with Crippen molar-refractivity contribution in [2.75, 3.05) is 10.0 Å². The third-order valence-electron chi connectivity index (χ3n) is 4.32. The Balaban J connectivity index is 1.64. The summed E-state index contributed by atoms with van der Waals surface area (Å²) >= 11 is 0. The number of aryl methyl sites for hydroxylation is 1. The molecule has 29 heavy (non-hydrogen) atoms. The number of carbonyl (C=O) groups is 1. The molecule has 7 heteroatoms. The number of amides is 1. The number of nitrogens with one attached hydrogen (secondary N) is 2. The first-order chi connectivity index (χ1) is 14.0. The smallest absolute Gasteiger partial charge is 0.274 e. The highest BCUT2D eigenvalue weighted by Crippen LogP contribution is 2.18. The summed E-state index contributed by atoms with van der Waals surface area (Å²) in [6.45, 7) is 2.13. The second-order valence-electron chi connectivity index (χ2n) is 6.61. The molecule has 0 atom stereocenters. The molecule has 0 fully saturated rings. The average molecular weight is 410 g/mol. The quantitative estimate of drug-likeness (QED) is 0.574. The van der Waals surface area contributed by atoms with Crippen LogP contribution in [0.15, 0.2) is 77.8 Å². The van der Waals surface area contributed by atoms with E-state index in [0.717, 1.165) is 24.8 Å². The summed E-state index contributed by atoms with van der Waals surface area (Å²) in [4.78, 5) is 16.7. The predicted octanol–water partition coefficient (Wildman–Crippen LogP) is 4.48. The summed E-state index contributed by atoms with van der Waals surface area (Å²) in [5, 5.41) is 2.73. The number of pyridine rings is 1. The van der Waals surface area contributed by atoms with E-state index in [2.05, 4.69) is 21.9 Å². The molecule has 1 heterocycles. The fraction of sp³-hybridized carbons (Fsp3) is 0.182. The number of rotatable bonds is 8. The molecule has 0 spiro atoms. The van der Waals surface area contributed by atoms with E-state index in [1.54, 1.807) is 48.7 Å². The monoisotopic (exact) mass is 409 g/mol. The Bertz CT molecular complexity index is 1050. The Hall–Kier alpha value is -3.19. The largest absolute Gasteiger partial charge is 0.321 e. The van der Waals surface area contributed by atoms with Gasteiger partial charge < -0.3 is 5.32 Å². The third kappa shape index (κ3) is 5.65. The lowest BCUT2D eigenvalue weighted by molar-refractivity contribution is 0.102. The van der Waals surface area contributed by atoms with Crippen molar-refractivity contribution in [3.05, 3.63) is 84.2 Å². The van der Waals surface area contributed by atoms with Crippen molar-refractivity contribution in [3.63, 3.8) is 0 Å². The topological polar surface area (TPSA) is 88.2 Å². The molecule has 6 nitrogen and oxygen atoms in total. The predicted molar refractivity (Wildman–Crippen MR) is 114 cm³/mol. The number of aromatic nitrogens is 1. The van der Waals surface area contributed by atoms with E-state index in [-0.39, 0.29) is 10.8 Å². The fourth-order valence-corrected chi connectivity index (χ4v) is 3.78. The molecule has 0 saturated carbocycles. The van der Waals surface area contributed by atoms with Crippen molar-refractivity contribution >= 4 is 27.3 Å². The van der Waals surface area contributed by atoms with Gasteiger partial charge in [0.15, 0.2) is 0 Å². The minimum absolute atomic E-state index is 0.109. The van der Waals surface area contributed by atoms with Gasteiger partial charge in [-0.3, -0.25) is 14.5 Å². The Morgan fingerprint density at radius 1 is 0.931 bits per heavy atom. The minimum atomic E-state index is -3.70. The first-order valence-corrected chi connectivity index (χ1v) is 10.9. The van der Waals surface area contributed by atoms with Gasteiger partial charge in [-0.25, -0.2) is 8.42 Å². The lowest BCUT2D eigenvalue weighted by Gasteiger charge is -2.09. The first kappa shape index (κ1) is 20.5. The number of hydrogen-bond donors (Lipinski definition) is 2. The normalized spacial score (nSPS) is 11.1. The minimum Gasteiger partial charge on any atom is -0.321 e. The van der Waals surface area contributed by atoms with E-state index < -0.39 is 10.0 Å². The van der Waals surface area contributed by atoms with Crippen molar-refractivity contribution in [3.8, 4) is 0 Å². The van der Waals surface area contributed by atoms with Crippen molar-refractivity contribution in [2.24, 2.45) is 0 Å². The fourth-order valence-electron chi connectivity index (χ4n) is 2.72. The molecule has 1 amide bonds. The van der Waals surface area contributed by atoms with Crippen LogP contribution in [-0.2, 0) is 16.4 Å². The van der Waals surface area contributed by atoms with Gasteiger partial charge in [0.25, 0.3) is 15.9 Å². The SMILES string of the molecule is CCCCc1ccc(C(=O)Nc2ccc(S(=O)(=O)Nc3ccccc3)cc2)nc1. The molecular formula is C22H23N3O3S. The van der Waals surface area contributed by atoms with Gasteiger partial charge in [-0.2, -0.15) is 0 Å². The standard InChI is InChI=1S/C22H23N3O3S/c1-2-3-7-17-10-15-21(23-16-17)22(26)24-18-11-13-20(14-12-18)29(27,28)25-19-8-5-4-6-9-19/h4-6,8-16,25H,2-3,7H2,1H3,(H,24,26). The van der Waals surface area contributed by atoms with Crippen molar-refractivity contribution in [1.29, 1.82) is 0 Å². The van der Waals surface area contributed by atoms with Crippen molar-refractivity contribution < 1.29 is 13.2 Å². The maximum absolute atomic E-state index is 12.5. The number of sulfonamides is 1. The highest BCUT2D eigenvalue weighted by atomic mass is 32.2. The van der Waals surface area contributed by atoms with Crippen LogP contribution in [0.2, 0.25) is 0 Å². The van der Waals surface area contributed by atoms with Crippen LogP contribution in [0.5, 0.6) is 0 Å². The second-order valence-corrected chi connectivity index (χ2v) is 8.29. The third-order valence-corrected chi connectivity index (χ3v) is 5.72. The van der Waals surface area contributed by atoms with Gasteiger partial charge in [0.1, 0.15) is 5.69 Å². The molecule has 0 aliphatic heterocycles. The van der Waals surface area contributed by atoms with Gasteiger partial charge in [0.2, 0.25) is 0 Å². The Labute approximate surface area is 171 Å². The zero-order valence-electron chi connectivity index (χ0n) is 16.1. The number of benzene rings is 2. The highest BCUT2D eigenvalue weighted by molar-refractivity contribution is 7.92. The summed E-state index contributed by atoms with van der Waals surface area (Å²) in [5.74, 6) is -0.343. The van der Waals surface area contributed by atoms with Crippen LogP contribution in [0.3, 0.4) is 0 Å². The van der Waals surface area contributed by atoms with Gasteiger partial charge >= 0.3 is 0 Å². The number of para-hydroxylation sites is 1. The first-order valence-electron chi connectivity index (χ1n) is 9.42. The average Bonchev–Trinajstić information content (AvgIpc) is 2.73. The molecule has 0 aliphatic carbocycles. The van der Waals surface area contributed by atoms with Gasteiger partial charge in [-0.05, 0) is 60.9 Å². The van der Waals surface area contributed by atoms with Crippen molar-refractivity contribution in [2.45, 2.75) is 31.1 Å². The molecule has 0 aliphatic rings. The molecule has 0 bridgehead atoms. The maximum atomic E-state index is 12.5. The number of unbranched alkanes of at least 4 members (excludes halogenated alkanes) is 1. The van der Waals surface area contributed by atoms with E-state index in [4.69, 9.17) is 0 Å². The Morgan fingerprint density at radius 3 is 2.28 bits per heavy atom. The molecule has 0 unspecified atom stereocenters. The number of nitrogens with zero attached hydrogens (tertiary/aromatic N) is 1. The van der Waals surface area contributed by atoms with Crippen LogP contribution in [0.25, 0.3) is 0 Å². The van der Waals surface area contributed by atoms with Crippen LogP contribution in [0.1, 0.15) is 35.8 Å². The van der Waals surface area contributed by atoms with Gasteiger partial charge in [0.05, 0.1) is 4.90 Å². The van der Waals surface area contributed by atoms with E-state index in [1.165, 1.54) is 12.1 Å². The molecule has 1 aromatic heterocycles. The van der Waals surface area contributed by atoms with Crippen LogP contribution in [0, 0.1) is 0 Å². The zero-order valence-corrected chi connectivity index (χ0v) is 16.9. The molecule has 3 rings (SSSR count). The second kappa shape index (κ2) is 9.34. The zero-order chi connectivity index (χ0) is 20.7. The lowest BCUT2D eigenvalue weighted by Crippen LogP contribution is -2.15. The summed E-state index contributed by atoms with van der Waals surface area (Å²) in [7, 11) is -3.70. The maximum Gasteiger partial charge on any atom is 0.274 e. The van der Waals surface area contributed by atoms with Crippen LogP contribution >= 0.6 is 0 Å². The summed E-state index contributed by atoms with van der Waals surface area (Å²) < 4.78 is 27.4. The molecule has 3 aromatic rings. The van der Waals surface area contributed by atoms with Gasteiger partial charge in [-0.1, -0.05) is 37.6 Å². The molecule has 150 valence electrons. The van der Waals surface area contributed by atoms with Gasteiger partial charge in [0, 0.05) is 17.6 Å².